The number of rotatable bonds is 4. The molecule has 1 N–H and O–H groups in total. The van der Waals surface area contributed by atoms with E-state index in [1.165, 1.54) is 6.20 Å². The van der Waals surface area contributed by atoms with Gasteiger partial charge >= 0.3 is 0 Å². The van der Waals surface area contributed by atoms with E-state index >= 15 is 0 Å². The summed E-state index contributed by atoms with van der Waals surface area (Å²) in [5, 5.41) is 6.72. The van der Waals surface area contributed by atoms with Crippen molar-refractivity contribution in [3.8, 4) is 0 Å². The first-order valence-corrected chi connectivity index (χ1v) is 3.17. The molecule has 0 aromatic carbocycles. The summed E-state index contributed by atoms with van der Waals surface area (Å²) in [7, 11) is 0. The molecule has 3 nitrogen and oxygen atoms in total. The Bertz CT molecular complexity index is 211. The number of nitrogens with zero attached hydrogens (tertiary/aromatic N) is 2. The van der Waals surface area contributed by atoms with Crippen LogP contribution < -0.4 is 0 Å². The summed E-state index contributed by atoms with van der Waals surface area (Å²) in [4.78, 5) is 7.27. The fourth-order valence-electron chi connectivity index (χ4n) is 0.516. The minimum atomic E-state index is 0.690. The summed E-state index contributed by atoms with van der Waals surface area (Å²) in [6.45, 7) is 5.16. The Balaban J connectivity index is 4.33. The Morgan fingerprint density at radius 1 is 1.45 bits per heavy atom. The minimum absolute atomic E-state index is 0.690. The van der Waals surface area contributed by atoms with Gasteiger partial charge < -0.3 is 0 Å². The van der Waals surface area contributed by atoms with Crippen LogP contribution in [0.1, 0.15) is 6.92 Å². The standard InChI is InChI=1S/C8H11N3/c1-3-4-8(11-7-9)5-6-10-2/h3-7,9H,2H2,1H3/b4-3-,6-5+,9-7?,11-8-. The van der Waals surface area contributed by atoms with E-state index in [1.807, 2.05) is 13.0 Å². The van der Waals surface area contributed by atoms with E-state index < -0.39 is 0 Å². The van der Waals surface area contributed by atoms with Gasteiger partial charge in [-0.3, -0.25) is 10.4 Å². The van der Waals surface area contributed by atoms with Crippen molar-refractivity contribution in [3.05, 3.63) is 24.4 Å². The van der Waals surface area contributed by atoms with E-state index in [2.05, 4.69) is 16.7 Å². The molecule has 3 heteroatoms. The molecule has 0 fully saturated rings. The molecular weight excluding hydrogens is 138 g/mol. The Morgan fingerprint density at radius 3 is 2.64 bits per heavy atom. The highest BCUT2D eigenvalue weighted by molar-refractivity contribution is 6.06. The molecule has 0 saturated carbocycles. The predicted molar refractivity (Wildman–Crippen MR) is 49.7 cm³/mol. The van der Waals surface area contributed by atoms with Gasteiger partial charge in [0.25, 0.3) is 0 Å². The molecule has 58 valence electrons. The summed E-state index contributed by atoms with van der Waals surface area (Å²) < 4.78 is 0. The average molecular weight is 149 g/mol. The van der Waals surface area contributed by atoms with Crippen LogP contribution in [0.15, 0.2) is 34.4 Å². The lowest BCUT2D eigenvalue weighted by atomic mass is 10.3. The van der Waals surface area contributed by atoms with Gasteiger partial charge in [-0.15, -0.1) is 0 Å². The van der Waals surface area contributed by atoms with Gasteiger partial charge in [-0.05, 0) is 25.8 Å². The van der Waals surface area contributed by atoms with Gasteiger partial charge in [0.15, 0.2) is 0 Å². The first kappa shape index (κ1) is 9.49. The second-order valence-electron chi connectivity index (χ2n) is 1.68. The van der Waals surface area contributed by atoms with Gasteiger partial charge in [-0.25, -0.2) is 4.99 Å². The first-order chi connectivity index (χ1) is 5.35. The van der Waals surface area contributed by atoms with E-state index in [9.17, 15) is 0 Å². The average Bonchev–Trinajstić information content (AvgIpc) is 2.01. The topological polar surface area (TPSA) is 48.6 Å². The first-order valence-electron chi connectivity index (χ1n) is 3.17. The van der Waals surface area contributed by atoms with Crippen molar-refractivity contribution in [3.63, 3.8) is 0 Å². The third-order valence-corrected chi connectivity index (χ3v) is 0.902. The van der Waals surface area contributed by atoms with Crippen LogP contribution in [0.25, 0.3) is 0 Å². The zero-order valence-corrected chi connectivity index (χ0v) is 6.49. The molecule has 0 aliphatic rings. The second kappa shape index (κ2) is 6.61. The molecule has 0 radical (unpaired) electrons. The Labute approximate surface area is 66.4 Å². The van der Waals surface area contributed by atoms with Gasteiger partial charge in [0.2, 0.25) is 0 Å². The van der Waals surface area contributed by atoms with Crippen molar-refractivity contribution < 1.29 is 0 Å². The van der Waals surface area contributed by atoms with Crippen molar-refractivity contribution in [1.82, 2.24) is 0 Å². The SMILES string of the molecule is C=N/C=C/C(/C=C\C)=N\C=N. The van der Waals surface area contributed by atoms with Crippen LogP contribution in [0.3, 0.4) is 0 Å². The van der Waals surface area contributed by atoms with Crippen LogP contribution in [0.5, 0.6) is 0 Å². The quantitative estimate of drug-likeness (QED) is 0.468. The van der Waals surface area contributed by atoms with Crippen LogP contribution in [0, 0.1) is 5.41 Å². The fraction of sp³-hybridized carbons (Fsp3) is 0.125. The molecule has 0 aliphatic heterocycles. The highest BCUT2D eigenvalue weighted by atomic mass is 14.8. The summed E-state index contributed by atoms with van der Waals surface area (Å²) in [6, 6.07) is 0. The van der Waals surface area contributed by atoms with Crippen molar-refractivity contribution in [2.75, 3.05) is 0 Å². The number of aliphatic imine (C=N–C) groups is 2. The number of hydrogen-bond acceptors (Lipinski definition) is 2. The van der Waals surface area contributed by atoms with Crippen molar-refractivity contribution >= 4 is 18.8 Å². The molecule has 0 aliphatic carbocycles. The lowest BCUT2D eigenvalue weighted by molar-refractivity contribution is 1.51. The van der Waals surface area contributed by atoms with Gasteiger partial charge in [0, 0.05) is 6.20 Å². The van der Waals surface area contributed by atoms with Crippen molar-refractivity contribution in [1.29, 1.82) is 5.41 Å². The fourth-order valence-corrected chi connectivity index (χ4v) is 0.516. The second-order valence-corrected chi connectivity index (χ2v) is 1.68. The molecule has 0 saturated heterocycles. The smallest absolute Gasteiger partial charge is 0.107 e. The van der Waals surface area contributed by atoms with E-state index in [0.717, 1.165) is 6.34 Å². The summed E-state index contributed by atoms with van der Waals surface area (Å²) >= 11 is 0. The third kappa shape index (κ3) is 4.96. The van der Waals surface area contributed by atoms with E-state index in [-0.39, 0.29) is 0 Å². The molecule has 0 atom stereocenters. The van der Waals surface area contributed by atoms with Crippen LogP contribution in [0.4, 0.5) is 0 Å². The van der Waals surface area contributed by atoms with Gasteiger partial charge in [-0.2, -0.15) is 0 Å². The van der Waals surface area contributed by atoms with Gasteiger partial charge in [-0.1, -0.05) is 6.08 Å². The Hall–Kier alpha value is -1.51. The summed E-state index contributed by atoms with van der Waals surface area (Å²) in [5.74, 6) is 0. The van der Waals surface area contributed by atoms with E-state index in [1.54, 1.807) is 12.2 Å². The zero-order chi connectivity index (χ0) is 8.53. The van der Waals surface area contributed by atoms with E-state index in [0.29, 0.717) is 5.71 Å². The van der Waals surface area contributed by atoms with Crippen LogP contribution >= 0.6 is 0 Å². The predicted octanol–water partition coefficient (Wildman–Crippen LogP) is 1.82. The maximum absolute atomic E-state index is 6.72. The Morgan fingerprint density at radius 2 is 2.18 bits per heavy atom. The Kier molecular flexibility index (Phi) is 5.70. The highest BCUT2D eigenvalue weighted by Gasteiger charge is 1.82. The van der Waals surface area contributed by atoms with Crippen LogP contribution in [0.2, 0.25) is 0 Å². The molecule has 0 spiro atoms. The zero-order valence-electron chi connectivity index (χ0n) is 6.49. The largest absolute Gasteiger partial charge is 0.290 e. The molecule has 0 bridgehead atoms. The number of hydrogen-bond donors (Lipinski definition) is 1. The molecule has 0 aromatic heterocycles. The van der Waals surface area contributed by atoms with Crippen LogP contribution in [-0.4, -0.2) is 18.8 Å². The van der Waals surface area contributed by atoms with Crippen LogP contribution in [-0.2, 0) is 0 Å². The molecule has 0 amide bonds. The molecule has 0 rings (SSSR count). The molecule has 11 heavy (non-hydrogen) atoms. The molecule has 0 heterocycles. The molecular formula is C8H11N3. The maximum Gasteiger partial charge on any atom is 0.107 e. The number of nitrogens with one attached hydrogen (secondary N) is 1. The molecule has 0 aromatic rings. The monoisotopic (exact) mass is 149 g/mol. The highest BCUT2D eigenvalue weighted by Crippen LogP contribution is 1.84. The van der Waals surface area contributed by atoms with Gasteiger partial charge in [0.1, 0.15) is 6.34 Å². The van der Waals surface area contributed by atoms with Crippen molar-refractivity contribution in [2.24, 2.45) is 9.98 Å². The normalized spacial score (nSPS) is 12.6. The van der Waals surface area contributed by atoms with E-state index in [4.69, 9.17) is 5.41 Å². The van der Waals surface area contributed by atoms with Gasteiger partial charge in [0.05, 0.1) is 5.71 Å². The maximum atomic E-state index is 6.72. The lowest BCUT2D eigenvalue weighted by Gasteiger charge is -1.86. The third-order valence-electron chi connectivity index (χ3n) is 0.902. The summed E-state index contributed by atoms with van der Waals surface area (Å²) in [5.41, 5.74) is 0.690. The minimum Gasteiger partial charge on any atom is -0.290 e. The summed E-state index contributed by atoms with van der Waals surface area (Å²) in [6.07, 6.45) is 7.83. The molecule has 0 unspecified atom stereocenters. The lowest BCUT2D eigenvalue weighted by Crippen LogP contribution is -1.86. The van der Waals surface area contributed by atoms with Crippen molar-refractivity contribution in [2.45, 2.75) is 6.92 Å². The number of allylic oxidation sites excluding steroid dienone is 3.